The molecular weight excluding hydrogens is 515 g/mol. The molecule has 3 rings (SSSR count). The van der Waals surface area contributed by atoms with Gasteiger partial charge in [0, 0.05) is 52.1 Å². The molecule has 0 radical (unpaired) electrons. The summed E-state index contributed by atoms with van der Waals surface area (Å²) in [7, 11) is 0. The maximum atomic E-state index is 9.56. The van der Waals surface area contributed by atoms with Crippen LogP contribution in [0.1, 0.15) is 57.9 Å². The lowest BCUT2D eigenvalue weighted by Gasteiger charge is -2.37. The molecule has 2 heterocycles. The largest absolute Gasteiger partial charge is 0.396 e. The quantitative estimate of drug-likeness (QED) is 0.246. The fourth-order valence-corrected chi connectivity index (χ4v) is 4.83. The van der Waals surface area contributed by atoms with Gasteiger partial charge in [-0.15, -0.1) is 24.0 Å². The third-order valence-corrected chi connectivity index (χ3v) is 6.90. The number of aromatic nitrogens is 1. The van der Waals surface area contributed by atoms with Crippen LogP contribution in [0.25, 0.3) is 0 Å². The number of guanidine groups is 1. The van der Waals surface area contributed by atoms with Gasteiger partial charge in [0.25, 0.3) is 0 Å². The highest BCUT2D eigenvalue weighted by molar-refractivity contribution is 14.0. The van der Waals surface area contributed by atoms with Gasteiger partial charge in [0.2, 0.25) is 0 Å². The van der Waals surface area contributed by atoms with E-state index in [1.807, 2.05) is 6.20 Å². The summed E-state index contributed by atoms with van der Waals surface area (Å²) in [5, 5.41) is 16.5. The Balaban J connectivity index is 0.00000363. The summed E-state index contributed by atoms with van der Waals surface area (Å²) >= 11 is 0. The molecule has 1 saturated heterocycles. The molecule has 0 amide bonds. The van der Waals surface area contributed by atoms with Gasteiger partial charge in [-0.3, -0.25) is 0 Å². The average Bonchev–Trinajstić information content (AvgIpc) is 2.82. The number of hydrogen-bond donors (Lipinski definition) is 3. The lowest BCUT2D eigenvalue weighted by atomic mass is 9.72. The molecule has 32 heavy (non-hydrogen) atoms. The van der Waals surface area contributed by atoms with Crippen molar-refractivity contribution in [3.8, 4) is 0 Å². The van der Waals surface area contributed by atoms with Crippen LogP contribution < -0.4 is 15.5 Å². The van der Waals surface area contributed by atoms with Crippen molar-refractivity contribution in [2.24, 2.45) is 10.4 Å². The van der Waals surface area contributed by atoms with E-state index in [4.69, 9.17) is 9.98 Å². The number of likely N-dealkylation sites (N-methyl/N-ethyl adjacent to an activating group) is 1. The van der Waals surface area contributed by atoms with Crippen LogP contribution in [0.5, 0.6) is 0 Å². The maximum Gasteiger partial charge on any atom is 0.191 e. The van der Waals surface area contributed by atoms with E-state index < -0.39 is 0 Å². The minimum atomic E-state index is 0. The predicted octanol–water partition coefficient (Wildman–Crippen LogP) is 3.23. The normalized spacial score (nSPS) is 19.3. The highest BCUT2D eigenvalue weighted by atomic mass is 127. The number of hydrogen-bond acceptors (Lipinski definition) is 5. The molecule has 1 saturated carbocycles. The topological polar surface area (TPSA) is 76.0 Å². The van der Waals surface area contributed by atoms with Crippen molar-refractivity contribution >= 4 is 35.8 Å². The van der Waals surface area contributed by atoms with Gasteiger partial charge in [0.15, 0.2) is 5.96 Å². The molecule has 0 unspecified atom stereocenters. The minimum absolute atomic E-state index is 0. The van der Waals surface area contributed by atoms with Crippen molar-refractivity contribution in [3.63, 3.8) is 0 Å². The molecule has 0 bridgehead atoms. The Kier molecular flexibility index (Phi) is 12.0. The zero-order chi connectivity index (χ0) is 21.9. The number of piperazine rings is 1. The molecule has 7 nitrogen and oxygen atoms in total. The van der Waals surface area contributed by atoms with E-state index in [-0.39, 0.29) is 36.0 Å². The van der Waals surface area contributed by atoms with E-state index in [2.05, 4.69) is 46.4 Å². The second-order valence-electron chi connectivity index (χ2n) is 9.03. The molecule has 8 heteroatoms. The van der Waals surface area contributed by atoms with Crippen molar-refractivity contribution in [1.82, 2.24) is 20.5 Å². The number of halogens is 1. The van der Waals surface area contributed by atoms with Crippen molar-refractivity contribution in [3.05, 3.63) is 23.9 Å². The summed E-state index contributed by atoms with van der Waals surface area (Å²) in [6.07, 6.45) is 9.07. The van der Waals surface area contributed by atoms with Crippen LogP contribution in [0.2, 0.25) is 0 Å². The van der Waals surface area contributed by atoms with Crippen LogP contribution >= 0.6 is 24.0 Å². The summed E-state index contributed by atoms with van der Waals surface area (Å²) in [6.45, 7) is 12.3. The summed E-state index contributed by atoms with van der Waals surface area (Å²) in [6, 6.07) is 4.28. The minimum Gasteiger partial charge on any atom is -0.396 e. The Bertz CT molecular complexity index is 664. The van der Waals surface area contributed by atoms with Gasteiger partial charge in [0.1, 0.15) is 5.82 Å². The second kappa shape index (κ2) is 14.2. The first-order valence-electron chi connectivity index (χ1n) is 12.2. The molecule has 0 atom stereocenters. The molecule has 1 aromatic heterocycles. The zero-order valence-electron chi connectivity index (χ0n) is 20.0. The number of aliphatic hydroxyl groups is 1. The van der Waals surface area contributed by atoms with Crippen molar-refractivity contribution in [1.29, 1.82) is 0 Å². The number of nitrogens with zero attached hydrogens (tertiary/aromatic N) is 4. The average molecular weight is 559 g/mol. The van der Waals surface area contributed by atoms with Gasteiger partial charge >= 0.3 is 0 Å². The standard InChI is InChI=1S/C24H42N6O.HI/c1-3-25-23(28-20-24(12-17-31)10-6-5-7-11-24)27-19-21-8-9-22(26-18-21)30-15-13-29(4-2)14-16-30;/h8-9,18,31H,3-7,10-17,19-20H2,1-2H3,(H2,25,27,28);1H. The molecule has 1 aromatic rings. The highest BCUT2D eigenvalue weighted by Gasteiger charge is 2.31. The molecule has 0 spiro atoms. The van der Waals surface area contributed by atoms with Crippen LogP contribution in [0.15, 0.2) is 23.3 Å². The van der Waals surface area contributed by atoms with E-state index in [0.29, 0.717) is 6.54 Å². The lowest BCUT2D eigenvalue weighted by Crippen LogP contribution is -2.46. The van der Waals surface area contributed by atoms with Crippen LogP contribution in [-0.2, 0) is 6.54 Å². The molecule has 2 aliphatic rings. The van der Waals surface area contributed by atoms with E-state index in [1.54, 1.807) is 0 Å². The molecule has 2 fully saturated rings. The predicted molar refractivity (Wildman–Crippen MR) is 144 cm³/mol. The van der Waals surface area contributed by atoms with E-state index in [1.165, 1.54) is 32.1 Å². The summed E-state index contributed by atoms with van der Waals surface area (Å²) < 4.78 is 0. The Morgan fingerprint density at radius 1 is 1.09 bits per heavy atom. The number of pyridine rings is 1. The van der Waals surface area contributed by atoms with Crippen LogP contribution in [-0.4, -0.2) is 73.4 Å². The van der Waals surface area contributed by atoms with Crippen LogP contribution in [0.3, 0.4) is 0 Å². The fourth-order valence-electron chi connectivity index (χ4n) is 4.83. The van der Waals surface area contributed by atoms with Crippen molar-refractivity contribution in [2.75, 3.05) is 57.3 Å². The maximum absolute atomic E-state index is 9.56. The monoisotopic (exact) mass is 558 g/mol. The first kappa shape index (κ1) is 27.1. The summed E-state index contributed by atoms with van der Waals surface area (Å²) in [5.41, 5.74) is 1.32. The van der Waals surface area contributed by atoms with Crippen molar-refractivity contribution < 1.29 is 5.11 Å². The van der Waals surface area contributed by atoms with Gasteiger partial charge in [-0.2, -0.15) is 0 Å². The molecule has 1 aliphatic heterocycles. The number of nitrogens with one attached hydrogen (secondary N) is 2. The molecule has 0 aromatic carbocycles. The molecule has 3 N–H and O–H groups in total. The number of aliphatic hydroxyl groups excluding tert-OH is 1. The van der Waals surface area contributed by atoms with Gasteiger partial charge in [-0.1, -0.05) is 32.3 Å². The van der Waals surface area contributed by atoms with E-state index in [0.717, 1.165) is 69.6 Å². The Morgan fingerprint density at radius 3 is 2.44 bits per heavy atom. The smallest absolute Gasteiger partial charge is 0.191 e. The first-order chi connectivity index (χ1) is 15.2. The highest BCUT2D eigenvalue weighted by Crippen LogP contribution is 2.38. The second-order valence-corrected chi connectivity index (χ2v) is 9.03. The summed E-state index contributed by atoms with van der Waals surface area (Å²) in [4.78, 5) is 14.3. The molecule has 182 valence electrons. The van der Waals surface area contributed by atoms with Gasteiger partial charge in [0.05, 0.1) is 6.54 Å². The van der Waals surface area contributed by atoms with E-state index in [9.17, 15) is 5.11 Å². The number of rotatable bonds is 9. The first-order valence-corrected chi connectivity index (χ1v) is 12.2. The van der Waals surface area contributed by atoms with Gasteiger partial charge in [-0.05, 0) is 49.8 Å². The fraction of sp³-hybridized carbons (Fsp3) is 0.750. The number of anilines is 1. The Labute approximate surface area is 211 Å². The van der Waals surface area contributed by atoms with Crippen molar-refractivity contribution in [2.45, 2.75) is 58.9 Å². The third-order valence-electron chi connectivity index (χ3n) is 6.90. The van der Waals surface area contributed by atoms with E-state index >= 15 is 0 Å². The SMILES string of the molecule is CCNC(=NCc1ccc(N2CCN(CC)CC2)nc1)NCC1(CCO)CCCCC1.I. The lowest BCUT2D eigenvalue weighted by molar-refractivity contribution is 0.131. The third kappa shape index (κ3) is 8.02. The Hall–Kier alpha value is -1.13. The Morgan fingerprint density at radius 2 is 1.84 bits per heavy atom. The summed E-state index contributed by atoms with van der Waals surface area (Å²) in [5.74, 6) is 1.92. The number of aliphatic imine (C=N–C) groups is 1. The van der Waals surface area contributed by atoms with Crippen LogP contribution in [0.4, 0.5) is 5.82 Å². The molecular formula is C24H43IN6O. The molecule has 1 aliphatic carbocycles. The van der Waals surface area contributed by atoms with Crippen LogP contribution in [0, 0.1) is 5.41 Å². The zero-order valence-corrected chi connectivity index (χ0v) is 22.3. The van der Waals surface area contributed by atoms with Gasteiger partial charge < -0.3 is 25.5 Å². The van der Waals surface area contributed by atoms with Gasteiger partial charge in [-0.25, -0.2) is 9.98 Å².